The van der Waals surface area contributed by atoms with Gasteiger partial charge in [-0.3, -0.25) is 9.59 Å². The van der Waals surface area contributed by atoms with Crippen LogP contribution in [0.25, 0.3) is 0 Å². The lowest BCUT2D eigenvalue weighted by Crippen LogP contribution is -2.18. The molecule has 0 aromatic heterocycles. The van der Waals surface area contributed by atoms with Crippen molar-refractivity contribution in [2.75, 3.05) is 0 Å². The summed E-state index contributed by atoms with van der Waals surface area (Å²) >= 11 is 5.10. The number of carboxylic acids is 1. The predicted octanol–water partition coefficient (Wildman–Crippen LogP) is 1.89. The maximum absolute atomic E-state index is 10.6. The third-order valence-electron chi connectivity index (χ3n) is 1.51. The van der Waals surface area contributed by atoms with Crippen LogP contribution in [-0.2, 0) is 9.59 Å². The van der Waals surface area contributed by atoms with Gasteiger partial charge < -0.3 is 5.11 Å². The van der Waals surface area contributed by atoms with Crippen LogP contribution in [0.4, 0.5) is 0 Å². The largest absolute Gasteiger partial charge is 0.481 e. The molecule has 0 aliphatic rings. The van der Waals surface area contributed by atoms with Gasteiger partial charge in [0.2, 0.25) is 5.24 Å². The summed E-state index contributed by atoms with van der Waals surface area (Å²) in [5.41, 5.74) is 0. The van der Waals surface area contributed by atoms with Crippen molar-refractivity contribution in [3.63, 3.8) is 0 Å². The molecule has 3 nitrogen and oxygen atoms in total. The average molecular weight is 193 g/mol. The Labute approximate surface area is 76.7 Å². The van der Waals surface area contributed by atoms with Gasteiger partial charge in [-0.1, -0.05) is 13.8 Å². The molecule has 0 aromatic rings. The van der Waals surface area contributed by atoms with E-state index in [-0.39, 0.29) is 12.3 Å². The molecule has 70 valence electrons. The second kappa shape index (κ2) is 5.14. The van der Waals surface area contributed by atoms with Crippen molar-refractivity contribution in [1.29, 1.82) is 0 Å². The molecule has 0 unspecified atom stereocenters. The van der Waals surface area contributed by atoms with Crippen LogP contribution in [0.5, 0.6) is 0 Å². The molecule has 0 aromatic carbocycles. The van der Waals surface area contributed by atoms with E-state index in [0.717, 1.165) is 0 Å². The van der Waals surface area contributed by atoms with Gasteiger partial charge in [0.05, 0.1) is 5.92 Å². The van der Waals surface area contributed by atoms with E-state index in [1.807, 2.05) is 13.8 Å². The summed E-state index contributed by atoms with van der Waals surface area (Å²) in [4.78, 5) is 21.0. The van der Waals surface area contributed by atoms with Crippen LogP contribution >= 0.6 is 11.6 Å². The normalized spacial score (nSPS) is 13.0. The van der Waals surface area contributed by atoms with E-state index in [1.165, 1.54) is 0 Å². The summed E-state index contributed by atoms with van der Waals surface area (Å²) in [6.45, 7) is 3.82. The third-order valence-corrected chi connectivity index (χ3v) is 1.67. The molecular weight excluding hydrogens is 180 g/mol. The molecule has 0 rings (SSSR count). The minimum atomic E-state index is -0.947. The highest BCUT2D eigenvalue weighted by atomic mass is 35.5. The summed E-state index contributed by atoms with van der Waals surface area (Å²) in [7, 11) is 0. The van der Waals surface area contributed by atoms with E-state index in [4.69, 9.17) is 16.7 Å². The summed E-state index contributed by atoms with van der Waals surface area (Å²) < 4.78 is 0. The van der Waals surface area contributed by atoms with Gasteiger partial charge in [0.1, 0.15) is 0 Å². The number of carbonyl (C=O) groups excluding carboxylic acids is 1. The Balaban J connectivity index is 4.04. The SMILES string of the molecule is CC(C)C[C@H](CC(=O)Cl)C(=O)O. The van der Waals surface area contributed by atoms with Crippen molar-refractivity contribution >= 4 is 22.8 Å². The van der Waals surface area contributed by atoms with Crippen LogP contribution in [0.2, 0.25) is 0 Å². The zero-order valence-electron chi connectivity index (χ0n) is 7.21. The van der Waals surface area contributed by atoms with E-state index in [1.54, 1.807) is 0 Å². The number of hydrogen-bond acceptors (Lipinski definition) is 2. The molecule has 0 heterocycles. The number of hydrogen-bond donors (Lipinski definition) is 1. The Morgan fingerprint density at radius 3 is 2.17 bits per heavy atom. The molecule has 0 spiro atoms. The quantitative estimate of drug-likeness (QED) is 0.677. The molecule has 0 aliphatic heterocycles. The molecular formula is C8H13ClO3. The lowest BCUT2D eigenvalue weighted by atomic mass is 9.95. The third kappa shape index (κ3) is 5.13. The van der Waals surface area contributed by atoms with Gasteiger partial charge in [-0.2, -0.15) is 0 Å². The molecule has 0 aliphatic carbocycles. The van der Waals surface area contributed by atoms with E-state index >= 15 is 0 Å². The van der Waals surface area contributed by atoms with E-state index < -0.39 is 17.1 Å². The van der Waals surface area contributed by atoms with E-state index in [9.17, 15) is 9.59 Å². The van der Waals surface area contributed by atoms with Gasteiger partial charge in [0, 0.05) is 6.42 Å². The van der Waals surface area contributed by atoms with Crippen LogP contribution in [-0.4, -0.2) is 16.3 Å². The number of carbonyl (C=O) groups is 2. The smallest absolute Gasteiger partial charge is 0.306 e. The molecule has 0 radical (unpaired) electrons. The topological polar surface area (TPSA) is 54.4 Å². The maximum Gasteiger partial charge on any atom is 0.306 e. The average Bonchev–Trinajstić information content (AvgIpc) is 1.83. The van der Waals surface area contributed by atoms with Crippen molar-refractivity contribution in [3.8, 4) is 0 Å². The Bertz CT molecular complexity index is 177. The highest BCUT2D eigenvalue weighted by Crippen LogP contribution is 2.16. The van der Waals surface area contributed by atoms with E-state index in [2.05, 4.69) is 0 Å². The minimum Gasteiger partial charge on any atom is -0.481 e. The van der Waals surface area contributed by atoms with Gasteiger partial charge in [-0.25, -0.2) is 0 Å². The van der Waals surface area contributed by atoms with Crippen molar-refractivity contribution in [2.24, 2.45) is 11.8 Å². The highest BCUT2D eigenvalue weighted by Gasteiger charge is 2.21. The molecule has 12 heavy (non-hydrogen) atoms. The lowest BCUT2D eigenvalue weighted by molar-refractivity contribution is -0.143. The summed E-state index contributed by atoms with van der Waals surface area (Å²) in [5, 5.41) is 8.08. The van der Waals surface area contributed by atoms with Crippen LogP contribution in [0, 0.1) is 11.8 Å². The molecule has 0 saturated heterocycles. The second-order valence-electron chi connectivity index (χ2n) is 3.22. The van der Waals surface area contributed by atoms with Crippen LogP contribution < -0.4 is 0 Å². The van der Waals surface area contributed by atoms with Crippen molar-refractivity contribution in [1.82, 2.24) is 0 Å². The van der Waals surface area contributed by atoms with Crippen LogP contribution in [0.3, 0.4) is 0 Å². The number of aliphatic carboxylic acids is 1. The minimum absolute atomic E-state index is 0.0743. The molecule has 0 bridgehead atoms. The van der Waals surface area contributed by atoms with Gasteiger partial charge in [-0.05, 0) is 23.9 Å². The molecule has 4 heteroatoms. The fourth-order valence-corrected chi connectivity index (χ4v) is 1.22. The first-order valence-corrected chi connectivity index (χ1v) is 4.22. The predicted molar refractivity (Wildman–Crippen MR) is 46.1 cm³/mol. The Morgan fingerprint density at radius 1 is 1.42 bits per heavy atom. The molecule has 0 saturated carbocycles. The second-order valence-corrected chi connectivity index (χ2v) is 3.65. The lowest BCUT2D eigenvalue weighted by Gasteiger charge is -2.11. The fraction of sp³-hybridized carbons (Fsp3) is 0.750. The number of carboxylic acid groups (broad SMARTS) is 1. The standard InChI is InChI=1S/C8H13ClO3/c1-5(2)3-6(8(11)12)4-7(9)10/h5-6H,3-4H2,1-2H3,(H,11,12)/t6-/m1/s1. The highest BCUT2D eigenvalue weighted by molar-refractivity contribution is 6.63. The number of halogens is 1. The monoisotopic (exact) mass is 192 g/mol. The zero-order chi connectivity index (χ0) is 9.72. The van der Waals surface area contributed by atoms with Crippen molar-refractivity contribution in [3.05, 3.63) is 0 Å². The Morgan fingerprint density at radius 2 is 1.92 bits per heavy atom. The summed E-state index contributed by atoms with van der Waals surface area (Å²) in [6, 6.07) is 0. The summed E-state index contributed by atoms with van der Waals surface area (Å²) in [5.74, 6) is -1.31. The Kier molecular flexibility index (Phi) is 4.90. The zero-order valence-corrected chi connectivity index (χ0v) is 7.97. The molecule has 1 atom stereocenters. The molecule has 1 N–H and O–H groups in total. The first kappa shape index (κ1) is 11.4. The van der Waals surface area contributed by atoms with Crippen molar-refractivity contribution < 1.29 is 14.7 Å². The molecule has 0 amide bonds. The number of rotatable bonds is 5. The first-order chi connectivity index (χ1) is 5.43. The summed E-state index contributed by atoms with van der Waals surface area (Å²) in [6.07, 6.45) is 0.420. The maximum atomic E-state index is 10.6. The van der Waals surface area contributed by atoms with Gasteiger partial charge in [0.25, 0.3) is 0 Å². The van der Waals surface area contributed by atoms with Crippen LogP contribution in [0.1, 0.15) is 26.7 Å². The first-order valence-electron chi connectivity index (χ1n) is 3.84. The van der Waals surface area contributed by atoms with Gasteiger partial charge in [-0.15, -0.1) is 0 Å². The van der Waals surface area contributed by atoms with Gasteiger partial charge >= 0.3 is 5.97 Å². The van der Waals surface area contributed by atoms with Gasteiger partial charge in [0.15, 0.2) is 0 Å². The van der Waals surface area contributed by atoms with Crippen LogP contribution in [0.15, 0.2) is 0 Å². The Hall–Kier alpha value is -0.570. The fourth-order valence-electron chi connectivity index (χ4n) is 1.03. The molecule has 0 fully saturated rings. The van der Waals surface area contributed by atoms with Crippen molar-refractivity contribution in [2.45, 2.75) is 26.7 Å². The van der Waals surface area contributed by atoms with E-state index in [0.29, 0.717) is 6.42 Å².